The molecule has 1 saturated heterocycles. The average Bonchev–Trinajstić information content (AvgIpc) is 2.72. The summed E-state index contributed by atoms with van der Waals surface area (Å²) in [5, 5.41) is 5.37. The Kier molecular flexibility index (Phi) is 8.19. The molecule has 1 aromatic carbocycles. The molecule has 4 amide bonds. The van der Waals surface area contributed by atoms with E-state index in [9.17, 15) is 19.2 Å². The summed E-state index contributed by atoms with van der Waals surface area (Å²) in [5.41, 5.74) is 1.74. The van der Waals surface area contributed by atoms with Crippen molar-refractivity contribution in [2.75, 3.05) is 32.7 Å². The summed E-state index contributed by atoms with van der Waals surface area (Å²) >= 11 is 0. The molecule has 0 saturated carbocycles. The van der Waals surface area contributed by atoms with Crippen LogP contribution in [0.5, 0.6) is 0 Å². The number of nitrogens with zero attached hydrogens (tertiary/aromatic N) is 2. The summed E-state index contributed by atoms with van der Waals surface area (Å²) in [5.74, 6) is -1.47. The van der Waals surface area contributed by atoms with E-state index in [1.54, 1.807) is 30.9 Å². The van der Waals surface area contributed by atoms with Gasteiger partial charge >= 0.3 is 11.8 Å². The Hall–Kier alpha value is -2.90. The lowest BCUT2D eigenvalue weighted by Crippen LogP contribution is -2.54. The average molecular weight is 431 g/mol. The zero-order chi connectivity index (χ0) is 23.2. The van der Waals surface area contributed by atoms with Crippen molar-refractivity contribution < 1.29 is 19.2 Å². The Morgan fingerprint density at radius 3 is 2.00 bits per heavy atom. The number of nitrogens with one attached hydrogen (secondary N) is 2. The third kappa shape index (κ3) is 7.08. The lowest BCUT2D eigenvalue weighted by atomic mass is 9.87. The first kappa shape index (κ1) is 24.4. The largest absolute Gasteiger partial charge is 0.352 e. The number of hydrogen-bond donors (Lipinski definition) is 2. The first-order chi connectivity index (χ1) is 14.5. The predicted molar refractivity (Wildman–Crippen MR) is 119 cm³/mol. The molecule has 0 aromatic heterocycles. The van der Waals surface area contributed by atoms with Crippen molar-refractivity contribution in [2.45, 2.75) is 52.5 Å². The minimum atomic E-state index is -0.618. The van der Waals surface area contributed by atoms with Crippen LogP contribution in [0.4, 0.5) is 0 Å². The molecule has 1 heterocycles. The van der Waals surface area contributed by atoms with Crippen LogP contribution in [0.3, 0.4) is 0 Å². The van der Waals surface area contributed by atoms with Gasteiger partial charge in [0.25, 0.3) is 5.91 Å². The van der Waals surface area contributed by atoms with Crippen LogP contribution < -0.4 is 10.6 Å². The molecule has 8 nitrogen and oxygen atoms in total. The molecular formula is C23H34N4O4. The van der Waals surface area contributed by atoms with E-state index in [-0.39, 0.29) is 36.2 Å². The van der Waals surface area contributed by atoms with Crippen LogP contribution in [0.1, 0.15) is 57.0 Å². The van der Waals surface area contributed by atoms with Gasteiger partial charge in [-0.15, -0.1) is 0 Å². The van der Waals surface area contributed by atoms with Crippen molar-refractivity contribution in [1.29, 1.82) is 0 Å². The second-order valence-corrected chi connectivity index (χ2v) is 9.13. The summed E-state index contributed by atoms with van der Waals surface area (Å²) in [6.45, 7) is 11.6. The van der Waals surface area contributed by atoms with Crippen molar-refractivity contribution in [2.24, 2.45) is 0 Å². The third-order valence-corrected chi connectivity index (χ3v) is 5.17. The first-order valence-electron chi connectivity index (χ1n) is 10.8. The summed E-state index contributed by atoms with van der Waals surface area (Å²) in [6, 6.07) is 7.38. The molecule has 2 rings (SSSR count). The van der Waals surface area contributed by atoms with Crippen LogP contribution in [0, 0.1) is 0 Å². The number of hydrogen-bond acceptors (Lipinski definition) is 4. The van der Waals surface area contributed by atoms with E-state index < -0.39 is 11.8 Å². The second-order valence-electron chi connectivity index (χ2n) is 9.13. The molecule has 0 atom stereocenters. The monoisotopic (exact) mass is 430 g/mol. The number of amides is 4. The van der Waals surface area contributed by atoms with Gasteiger partial charge in [-0.3, -0.25) is 19.2 Å². The third-order valence-electron chi connectivity index (χ3n) is 5.17. The van der Waals surface area contributed by atoms with Crippen molar-refractivity contribution in [3.8, 4) is 0 Å². The summed E-state index contributed by atoms with van der Waals surface area (Å²) < 4.78 is 0. The van der Waals surface area contributed by atoms with Crippen LogP contribution in [0.25, 0.3) is 0 Å². The molecule has 2 N–H and O–H groups in total. The first-order valence-corrected chi connectivity index (χ1v) is 10.8. The van der Waals surface area contributed by atoms with E-state index in [1.807, 2.05) is 12.1 Å². The fraction of sp³-hybridized carbons (Fsp3) is 0.565. The molecule has 1 aromatic rings. The molecule has 8 heteroatoms. The molecular weight excluding hydrogens is 396 g/mol. The van der Waals surface area contributed by atoms with Gasteiger partial charge in [0.1, 0.15) is 0 Å². The van der Waals surface area contributed by atoms with E-state index in [1.165, 1.54) is 4.90 Å². The van der Waals surface area contributed by atoms with Crippen LogP contribution in [-0.4, -0.2) is 72.2 Å². The van der Waals surface area contributed by atoms with Gasteiger partial charge in [0, 0.05) is 50.7 Å². The normalized spacial score (nSPS) is 14.4. The van der Waals surface area contributed by atoms with Gasteiger partial charge in [0.15, 0.2) is 0 Å². The molecule has 0 bridgehead atoms. The number of carbonyl (C=O) groups is 4. The summed E-state index contributed by atoms with van der Waals surface area (Å²) in [4.78, 5) is 51.8. The lowest BCUT2D eigenvalue weighted by molar-refractivity contribution is -0.148. The minimum Gasteiger partial charge on any atom is -0.352 e. The molecule has 0 radical (unpaired) electrons. The maximum atomic E-state index is 12.4. The van der Waals surface area contributed by atoms with Gasteiger partial charge in [-0.2, -0.15) is 0 Å². The molecule has 1 fully saturated rings. The minimum absolute atomic E-state index is 0.0221. The molecule has 1 aliphatic heterocycles. The van der Waals surface area contributed by atoms with Crippen molar-refractivity contribution in [3.05, 3.63) is 35.4 Å². The van der Waals surface area contributed by atoms with E-state index >= 15 is 0 Å². The van der Waals surface area contributed by atoms with Gasteiger partial charge in [-0.05, 0) is 37.0 Å². The predicted octanol–water partition coefficient (Wildman–Crippen LogP) is 1.30. The summed E-state index contributed by atoms with van der Waals surface area (Å²) in [7, 11) is 0. The SMILES string of the molecule is CC(C)NC(=O)C(=O)N1CCN(C(=O)CCNC(=O)c2ccc(C(C)(C)C)cc2)CC1. The molecule has 170 valence electrons. The van der Waals surface area contributed by atoms with Crippen LogP contribution in [-0.2, 0) is 19.8 Å². The van der Waals surface area contributed by atoms with Gasteiger partial charge < -0.3 is 20.4 Å². The number of piperazine rings is 1. The van der Waals surface area contributed by atoms with E-state index in [2.05, 4.69) is 31.4 Å². The van der Waals surface area contributed by atoms with Crippen LogP contribution >= 0.6 is 0 Å². The highest BCUT2D eigenvalue weighted by Gasteiger charge is 2.28. The molecule has 1 aliphatic rings. The van der Waals surface area contributed by atoms with Crippen molar-refractivity contribution in [3.63, 3.8) is 0 Å². The number of benzene rings is 1. The molecule has 31 heavy (non-hydrogen) atoms. The Morgan fingerprint density at radius 1 is 0.935 bits per heavy atom. The Bertz CT molecular complexity index is 804. The second kappa shape index (κ2) is 10.4. The highest BCUT2D eigenvalue weighted by atomic mass is 16.2. The maximum absolute atomic E-state index is 12.4. The highest BCUT2D eigenvalue weighted by molar-refractivity contribution is 6.35. The molecule has 0 spiro atoms. The topological polar surface area (TPSA) is 98.8 Å². The fourth-order valence-electron chi connectivity index (χ4n) is 3.29. The number of rotatable bonds is 5. The van der Waals surface area contributed by atoms with Crippen LogP contribution in [0.2, 0.25) is 0 Å². The summed E-state index contributed by atoms with van der Waals surface area (Å²) in [6.07, 6.45) is 0.188. The smallest absolute Gasteiger partial charge is 0.312 e. The molecule has 0 aliphatic carbocycles. The zero-order valence-electron chi connectivity index (χ0n) is 19.2. The highest BCUT2D eigenvalue weighted by Crippen LogP contribution is 2.22. The molecule has 0 unspecified atom stereocenters. The van der Waals surface area contributed by atoms with Crippen molar-refractivity contribution >= 4 is 23.6 Å². The van der Waals surface area contributed by atoms with E-state index in [0.29, 0.717) is 31.7 Å². The van der Waals surface area contributed by atoms with Gasteiger partial charge in [-0.1, -0.05) is 32.9 Å². The Morgan fingerprint density at radius 2 is 1.48 bits per heavy atom. The van der Waals surface area contributed by atoms with E-state index in [4.69, 9.17) is 0 Å². The van der Waals surface area contributed by atoms with Gasteiger partial charge in [0.05, 0.1) is 0 Å². The fourth-order valence-corrected chi connectivity index (χ4v) is 3.29. The number of carbonyl (C=O) groups excluding carboxylic acids is 4. The Labute approximate surface area is 184 Å². The maximum Gasteiger partial charge on any atom is 0.312 e. The lowest BCUT2D eigenvalue weighted by Gasteiger charge is -2.34. The quantitative estimate of drug-likeness (QED) is 0.688. The zero-order valence-corrected chi connectivity index (χ0v) is 19.2. The standard InChI is InChI=1S/C23H34N4O4/c1-16(2)25-21(30)22(31)27-14-12-26(13-15-27)19(28)10-11-24-20(29)17-6-8-18(9-7-17)23(3,4)5/h6-9,16H,10-15H2,1-5H3,(H,24,29)(H,25,30). The van der Waals surface area contributed by atoms with Gasteiger partial charge in [-0.25, -0.2) is 0 Å². The van der Waals surface area contributed by atoms with Crippen molar-refractivity contribution in [1.82, 2.24) is 20.4 Å². The van der Waals surface area contributed by atoms with Gasteiger partial charge in [0.2, 0.25) is 5.91 Å². The Balaban J connectivity index is 1.74. The van der Waals surface area contributed by atoms with E-state index in [0.717, 1.165) is 5.56 Å². The van der Waals surface area contributed by atoms with Crippen LogP contribution in [0.15, 0.2) is 24.3 Å².